The second kappa shape index (κ2) is 9.80. The Hall–Kier alpha value is -2.42. The van der Waals surface area contributed by atoms with Gasteiger partial charge in [-0.3, -0.25) is 9.69 Å². The molecule has 0 aliphatic carbocycles. The van der Waals surface area contributed by atoms with E-state index in [1.807, 2.05) is 62.1 Å². The number of hydrogen-bond donors (Lipinski definition) is 1. The molecule has 7 nitrogen and oxygen atoms in total. The number of piperazine rings is 1. The molecule has 168 valence electrons. The molecular formula is C23H31N3O4S. The van der Waals surface area contributed by atoms with E-state index in [0.29, 0.717) is 37.6 Å². The predicted octanol–water partition coefficient (Wildman–Crippen LogP) is 2.32. The van der Waals surface area contributed by atoms with Crippen molar-refractivity contribution >= 4 is 15.9 Å². The minimum absolute atomic E-state index is 0.0865. The highest BCUT2D eigenvalue weighted by Gasteiger charge is 2.32. The van der Waals surface area contributed by atoms with Crippen LogP contribution in [0.15, 0.2) is 47.4 Å². The lowest BCUT2D eigenvalue weighted by Crippen LogP contribution is -2.54. The van der Waals surface area contributed by atoms with Gasteiger partial charge in [-0.05, 0) is 38.5 Å². The number of carbonyl (C=O) groups is 1. The first-order valence-corrected chi connectivity index (χ1v) is 11.9. The third-order valence-electron chi connectivity index (χ3n) is 5.79. The Bertz CT molecular complexity index is 1030. The first-order chi connectivity index (χ1) is 14.7. The summed E-state index contributed by atoms with van der Waals surface area (Å²) < 4.78 is 33.0. The van der Waals surface area contributed by atoms with Gasteiger partial charge in [0.05, 0.1) is 18.0 Å². The molecule has 1 aliphatic rings. The number of sulfonamides is 1. The van der Waals surface area contributed by atoms with Crippen molar-refractivity contribution in [2.75, 3.05) is 33.3 Å². The highest BCUT2D eigenvalue weighted by atomic mass is 32.2. The maximum absolute atomic E-state index is 13.1. The Kier molecular flexibility index (Phi) is 7.35. The molecule has 1 unspecified atom stereocenters. The van der Waals surface area contributed by atoms with Crippen LogP contribution in [-0.2, 0) is 21.4 Å². The largest absolute Gasteiger partial charge is 0.496 e. The van der Waals surface area contributed by atoms with Crippen molar-refractivity contribution in [1.29, 1.82) is 0 Å². The Balaban J connectivity index is 1.57. The number of benzene rings is 2. The molecule has 1 atom stereocenters. The minimum atomic E-state index is -3.54. The maximum Gasteiger partial charge on any atom is 0.243 e. The Morgan fingerprint density at radius 2 is 1.77 bits per heavy atom. The van der Waals surface area contributed by atoms with E-state index in [9.17, 15) is 13.2 Å². The number of rotatable bonds is 7. The van der Waals surface area contributed by atoms with Crippen LogP contribution in [0.5, 0.6) is 5.75 Å². The number of carbonyl (C=O) groups excluding carboxylic acids is 1. The zero-order valence-electron chi connectivity index (χ0n) is 18.6. The second-order valence-electron chi connectivity index (χ2n) is 7.91. The summed E-state index contributed by atoms with van der Waals surface area (Å²) in [6, 6.07) is 12.6. The molecule has 0 aromatic heterocycles. The highest BCUT2D eigenvalue weighted by molar-refractivity contribution is 7.89. The number of ether oxygens (including phenoxy) is 1. The highest BCUT2D eigenvalue weighted by Crippen LogP contribution is 2.23. The monoisotopic (exact) mass is 445 g/mol. The fraction of sp³-hybridized carbons (Fsp3) is 0.435. The SMILES string of the molecule is COc1ccccc1CNC(=O)C(C)N1CCN(S(=O)(=O)c2ccc(C)cc2C)CC1. The predicted molar refractivity (Wildman–Crippen MR) is 121 cm³/mol. The molecule has 0 radical (unpaired) electrons. The van der Waals surface area contributed by atoms with Crippen LogP contribution in [0.1, 0.15) is 23.6 Å². The number of para-hydroxylation sites is 1. The van der Waals surface area contributed by atoms with Crippen molar-refractivity contribution < 1.29 is 17.9 Å². The quantitative estimate of drug-likeness (QED) is 0.708. The molecule has 1 amide bonds. The smallest absolute Gasteiger partial charge is 0.243 e. The van der Waals surface area contributed by atoms with Gasteiger partial charge in [0.25, 0.3) is 0 Å². The van der Waals surface area contributed by atoms with Crippen LogP contribution >= 0.6 is 0 Å². The van der Waals surface area contributed by atoms with Gasteiger partial charge in [0.15, 0.2) is 0 Å². The molecule has 2 aromatic carbocycles. The number of hydrogen-bond acceptors (Lipinski definition) is 5. The third-order valence-corrected chi connectivity index (χ3v) is 7.85. The fourth-order valence-electron chi connectivity index (χ4n) is 3.90. The zero-order chi connectivity index (χ0) is 22.6. The van der Waals surface area contributed by atoms with E-state index in [2.05, 4.69) is 5.32 Å². The van der Waals surface area contributed by atoms with E-state index in [-0.39, 0.29) is 11.9 Å². The molecule has 8 heteroatoms. The summed E-state index contributed by atoms with van der Waals surface area (Å²) in [5, 5.41) is 2.96. The Morgan fingerprint density at radius 1 is 1.10 bits per heavy atom. The van der Waals surface area contributed by atoms with E-state index in [1.165, 1.54) is 4.31 Å². The van der Waals surface area contributed by atoms with Crippen molar-refractivity contribution in [2.45, 2.75) is 38.3 Å². The standard InChI is InChI=1S/C23H31N3O4S/c1-17-9-10-22(18(2)15-17)31(28,29)26-13-11-25(12-14-26)19(3)23(27)24-16-20-7-5-6-8-21(20)30-4/h5-10,15,19H,11-14,16H2,1-4H3,(H,24,27). The van der Waals surface area contributed by atoms with Gasteiger partial charge in [-0.15, -0.1) is 0 Å². The van der Waals surface area contributed by atoms with Gasteiger partial charge in [0.2, 0.25) is 15.9 Å². The fourth-order valence-corrected chi connectivity index (χ4v) is 5.53. The number of methoxy groups -OCH3 is 1. The summed E-state index contributed by atoms with van der Waals surface area (Å²) in [6.07, 6.45) is 0. The van der Waals surface area contributed by atoms with Crippen LogP contribution in [-0.4, -0.2) is 62.9 Å². The van der Waals surface area contributed by atoms with E-state index in [4.69, 9.17) is 4.74 Å². The lowest BCUT2D eigenvalue weighted by Gasteiger charge is -2.37. The lowest BCUT2D eigenvalue weighted by atomic mass is 10.2. The van der Waals surface area contributed by atoms with Crippen LogP contribution < -0.4 is 10.1 Å². The van der Waals surface area contributed by atoms with E-state index in [1.54, 1.807) is 13.2 Å². The molecule has 1 N–H and O–H groups in total. The van der Waals surface area contributed by atoms with Gasteiger partial charge in [0.1, 0.15) is 5.75 Å². The van der Waals surface area contributed by atoms with Crippen molar-refractivity contribution in [3.63, 3.8) is 0 Å². The van der Waals surface area contributed by atoms with Crippen molar-refractivity contribution in [1.82, 2.24) is 14.5 Å². The van der Waals surface area contributed by atoms with E-state index >= 15 is 0 Å². The van der Waals surface area contributed by atoms with E-state index in [0.717, 1.165) is 22.4 Å². The lowest BCUT2D eigenvalue weighted by molar-refractivity contribution is -0.126. The van der Waals surface area contributed by atoms with Gasteiger partial charge in [0, 0.05) is 38.3 Å². The van der Waals surface area contributed by atoms with Crippen LogP contribution in [0.2, 0.25) is 0 Å². The molecule has 0 saturated carbocycles. The van der Waals surface area contributed by atoms with Gasteiger partial charge in [-0.25, -0.2) is 8.42 Å². The van der Waals surface area contributed by atoms with Crippen LogP contribution in [0.3, 0.4) is 0 Å². The van der Waals surface area contributed by atoms with Crippen LogP contribution in [0.4, 0.5) is 0 Å². The Labute approximate surface area is 185 Å². The first-order valence-electron chi connectivity index (χ1n) is 10.4. The number of amides is 1. The zero-order valence-corrected chi connectivity index (χ0v) is 19.4. The molecule has 31 heavy (non-hydrogen) atoms. The minimum Gasteiger partial charge on any atom is -0.496 e. The van der Waals surface area contributed by atoms with Gasteiger partial charge in [-0.1, -0.05) is 35.9 Å². The normalized spacial score (nSPS) is 16.6. The molecule has 3 rings (SSSR count). The topological polar surface area (TPSA) is 79.0 Å². The van der Waals surface area contributed by atoms with Crippen LogP contribution in [0.25, 0.3) is 0 Å². The number of aryl methyl sites for hydroxylation is 2. The average molecular weight is 446 g/mol. The summed E-state index contributed by atoms with van der Waals surface area (Å²) in [4.78, 5) is 15.0. The number of nitrogens with zero attached hydrogens (tertiary/aromatic N) is 2. The van der Waals surface area contributed by atoms with Gasteiger partial charge < -0.3 is 10.1 Å². The molecule has 1 aliphatic heterocycles. The molecule has 2 aromatic rings. The first kappa shape index (κ1) is 23.2. The summed E-state index contributed by atoms with van der Waals surface area (Å²) in [6.45, 7) is 7.74. The molecule has 0 spiro atoms. The summed E-state index contributed by atoms with van der Waals surface area (Å²) in [7, 11) is -1.93. The van der Waals surface area contributed by atoms with Crippen molar-refractivity contribution in [3.05, 3.63) is 59.2 Å². The summed E-state index contributed by atoms with van der Waals surface area (Å²) in [5.41, 5.74) is 2.70. The van der Waals surface area contributed by atoms with E-state index < -0.39 is 10.0 Å². The maximum atomic E-state index is 13.1. The molecular weight excluding hydrogens is 414 g/mol. The average Bonchev–Trinajstić information content (AvgIpc) is 2.77. The number of nitrogens with one attached hydrogen (secondary N) is 1. The summed E-state index contributed by atoms with van der Waals surface area (Å²) >= 11 is 0. The van der Waals surface area contributed by atoms with Crippen molar-refractivity contribution in [2.24, 2.45) is 0 Å². The molecule has 1 heterocycles. The third kappa shape index (κ3) is 5.26. The van der Waals surface area contributed by atoms with Gasteiger partial charge >= 0.3 is 0 Å². The second-order valence-corrected chi connectivity index (χ2v) is 9.82. The molecule has 1 saturated heterocycles. The summed E-state index contributed by atoms with van der Waals surface area (Å²) in [5.74, 6) is 0.650. The van der Waals surface area contributed by atoms with Gasteiger partial charge in [-0.2, -0.15) is 4.31 Å². The molecule has 1 fully saturated rings. The Morgan fingerprint density at radius 3 is 2.42 bits per heavy atom. The molecule has 0 bridgehead atoms. The van der Waals surface area contributed by atoms with Crippen LogP contribution in [0, 0.1) is 13.8 Å². The van der Waals surface area contributed by atoms with Crippen molar-refractivity contribution in [3.8, 4) is 5.75 Å².